The maximum atomic E-state index is 12.9. The van der Waals surface area contributed by atoms with Gasteiger partial charge in [0.2, 0.25) is 21.1 Å². The van der Waals surface area contributed by atoms with Gasteiger partial charge in [0.05, 0.1) is 22.9 Å². The molecular formula is C25H27ClN8O4S3. The fraction of sp³-hybridized carbons (Fsp3) is 0.280. The molecule has 216 valence electrons. The maximum absolute atomic E-state index is 12.9. The topological polar surface area (TPSA) is 152 Å². The monoisotopic (exact) mass is 634 g/mol. The van der Waals surface area contributed by atoms with Crippen LogP contribution in [0.5, 0.6) is 0 Å². The minimum Gasteiger partial charge on any atom is -0.345 e. The van der Waals surface area contributed by atoms with Crippen molar-refractivity contribution in [3.63, 3.8) is 0 Å². The van der Waals surface area contributed by atoms with Gasteiger partial charge in [-0.1, -0.05) is 54.6 Å². The molecule has 16 heteroatoms. The first-order valence-corrected chi connectivity index (χ1v) is 16.1. The molecule has 2 heterocycles. The highest BCUT2D eigenvalue weighted by Crippen LogP contribution is 2.25. The Bertz CT molecular complexity index is 1640. The van der Waals surface area contributed by atoms with E-state index >= 15 is 0 Å². The molecule has 4 aromatic rings. The lowest BCUT2D eigenvalue weighted by Gasteiger charge is -2.18. The molecule has 2 aromatic carbocycles. The van der Waals surface area contributed by atoms with Gasteiger partial charge in [0.15, 0.2) is 11.0 Å². The van der Waals surface area contributed by atoms with Crippen molar-refractivity contribution < 1.29 is 18.0 Å². The zero-order valence-electron chi connectivity index (χ0n) is 22.4. The average Bonchev–Trinajstić information content (AvgIpc) is 3.56. The molecule has 0 unspecified atom stereocenters. The number of benzene rings is 2. The van der Waals surface area contributed by atoms with Crippen LogP contribution in [0.2, 0.25) is 5.02 Å². The Balaban J connectivity index is 1.48. The van der Waals surface area contributed by atoms with E-state index in [1.807, 2.05) is 6.07 Å². The molecule has 0 spiro atoms. The number of hydrogen-bond donors (Lipinski definition) is 2. The van der Waals surface area contributed by atoms with Crippen molar-refractivity contribution in [1.82, 2.24) is 34.6 Å². The quantitative estimate of drug-likeness (QED) is 0.222. The molecule has 0 bridgehead atoms. The molecule has 0 aliphatic heterocycles. The van der Waals surface area contributed by atoms with Gasteiger partial charge in [0.25, 0.3) is 5.91 Å². The van der Waals surface area contributed by atoms with Crippen molar-refractivity contribution in [2.24, 2.45) is 0 Å². The van der Waals surface area contributed by atoms with Crippen LogP contribution in [-0.4, -0.2) is 68.3 Å². The lowest BCUT2D eigenvalue weighted by atomic mass is 10.2. The second kappa shape index (κ2) is 13.5. The van der Waals surface area contributed by atoms with Gasteiger partial charge < -0.3 is 5.32 Å². The summed E-state index contributed by atoms with van der Waals surface area (Å²) in [6.45, 7) is 6.04. The fourth-order valence-corrected chi connectivity index (χ4v) is 6.79. The third kappa shape index (κ3) is 7.48. The molecule has 2 N–H and O–H groups in total. The summed E-state index contributed by atoms with van der Waals surface area (Å²) in [6.07, 6.45) is 0. The summed E-state index contributed by atoms with van der Waals surface area (Å²) in [7, 11) is -3.63. The van der Waals surface area contributed by atoms with Crippen LogP contribution in [0, 0.1) is 6.92 Å². The number of aryl methyl sites for hydroxylation is 1. The molecule has 0 atom stereocenters. The van der Waals surface area contributed by atoms with E-state index in [0.29, 0.717) is 39.9 Å². The summed E-state index contributed by atoms with van der Waals surface area (Å²) in [5.74, 6) is -0.262. The number of aromatic nitrogens is 5. The summed E-state index contributed by atoms with van der Waals surface area (Å²) in [5, 5.41) is 23.8. The van der Waals surface area contributed by atoms with Crippen molar-refractivity contribution in [2.75, 3.05) is 24.2 Å². The normalized spacial score (nSPS) is 11.5. The highest BCUT2D eigenvalue weighted by Gasteiger charge is 2.22. The summed E-state index contributed by atoms with van der Waals surface area (Å²) >= 11 is 8.66. The number of carbonyl (C=O) groups is 2. The minimum absolute atomic E-state index is 0.00859. The molecule has 2 aromatic heterocycles. The number of thioether (sulfide) groups is 1. The standard InChI is InChI=1S/C25H27ClN8O4S3/c1-4-33(5-2)41(37,38)20-11-9-17(10-12-20)23(36)27-14-21-30-32-25(34(21)19-8-6-7-18(26)13-19)39-15-22(35)28-24-31-29-16(3)40-24/h6-13H,4-5,14-15H2,1-3H3,(H,27,36)(H,28,31,35). The van der Waals surface area contributed by atoms with Gasteiger partial charge in [-0.15, -0.1) is 20.4 Å². The lowest BCUT2D eigenvalue weighted by Crippen LogP contribution is -2.30. The largest absolute Gasteiger partial charge is 0.345 e. The Labute approximate surface area is 250 Å². The number of anilines is 1. The van der Waals surface area contributed by atoms with Crippen LogP contribution in [0.3, 0.4) is 0 Å². The summed E-state index contributed by atoms with van der Waals surface area (Å²) in [4.78, 5) is 25.5. The van der Waals surface area contributed by atoms with Crippen LogP contribution < -0.4 is 10.6 Å². The number of amides is 2. The zero-order valence-corrected chi connectivity index (χ0v) is 25.6. The maximum Gasteiger partial charge on any atom is 0.251 e. The Morgan fingerprint density at radius 1 is 1.05 bits per heavy atom. The van der Waals surface area contributed by atoms with Crippen LogP contribution in [0.4, 0.5) is 5.13 Å². The van der Waals surface area contributed by atoms with Crippen molar-refractivity contribution in [1.29, 1.82) is 0 Å². The Morgan fingerprint density at radius 3 is 2.41 bits per heavy atom. The second-order valence-electron chi connectivity index (χ2n) is 8.47. The SMILES string of the molecule is CCN(CC)S(=O)(=O)c1ccc(C(=O)NCc2nnc(SCC(=O)Nc3nnc(C)s3)n2-c2cccc(Cl)c2)cc1. The molecule has 0 fully saturated rings. The molecule has 4 rings (SSSR count). The highest BCUT2D eigenvalue weighted by molar-refractivity contribution is 7.99. The van der Waals surface area contributed by atoms with E-state index in [1.165, 1.54) is 39.9 Å². The molecule has 0 radical (unpaired) electrons. The van der Waals surface area contributed by atoms with Gasteiger partial charge >= 0.3 is 0 Å². The molecule has 41 heavy (non-hydrogen) atoms. The number of carbonyl (C=O) groups excluding carboxylic acids is 2. The van der Waals surface area contributed by atoms with Gasteiger partial charge in [-0.3, -0.25) is 19.5 Å². The first-order valence-electron chi connectivity index (χ1n) is 12.4. The highest BCUT2D eigenvalue weighted by atomic mass is 35.5. The van der Waals surface area contributed by atoms with Crippen molar-refractivity contribution in [2.45, 2.75) is 37.4 Å². The number of nitrogens with zero attached hydrogens (tertiary/aromatic N) is 6. The number of rotatable bonds is 12. The summed E-state index contributed by atoms with van der Waals surface area (Å²) in [6, 6.07) is 12.8. The van der Waals surface area contributed by atoms with Crippen LogP contribution in [0.25, 0.3) is 5.69 Å². The van der Waals surface area contributed by atoms with Crippen molar-refractivity contribution >= 4 is 61.7 Å². The first kappa shape index (κ1) is 30.6. The molecule has 0 saturated heterocycles. The number of sulfonamides is 1. The van der Waals surface area contributed by atoms with Crippen LogP contribution in [0.15, 0.2) is 58.6 Å². The van der Waals surface area contributed by atoms with E-state index in [-0.39, 0.29) is 28.7 Å². The second-order valence-corrected chi connectivity index (χ2v) is 13.0. The van der Waals surface area contributed by atoms with E-state index in [1.54, 1.807) is 43.5 Å². The fourth-order valence-electron chi connectivity index (χ4n) is 3.77. The minimum atomic E-state index is -3.63. The van der Waals surface area contributed by atoms with E-state index in [0.717, 1.165) is 16.8 Å². The molecule has 0 saturated carbocycles. The number of nitrogens with one attached hydrogen (secondary N) is 2. The Morgan fingerprint density at radius 2 is 1.78 bits per heavy atom. The zero-order chi connectivity index (χ0) is 29.6. The predicted molar refractivity (Wildman–Crippen MR) is 158 cm³/mol. The van der Waals surface area contributed by atoms with E-state index in [4.69, 9.17) is 11.6 Å². The molecule has 0 aliphatic rings. The Hall–Kier alpha value is -3.37. The smallest absolute Gasteiger partial charge is 0.251 e. The van der Waals surface area contributed by atoms with Gasteiger partial charge in [-0.05, 0) is 49.4 Å². The van der Waals surface area contributed by atoms with Crippen LogP contribution in [-0.2, 0) is 21.4 Å². The van der Waals surface area contributed by atoms with E-state index < -0.39 is 15.9 Å². The third-order valence-corrected chi connectivity index (χ3v) is 9.72. The number of hydrogen-bond acceptors (Lipinski definition) is 10. The third-order valence-electron chi connectivity index (χ3n) is 5.74. The molecule has 2 amide bonds. The molecule has 12 nitrogen and oxygen atoms in total. The van der Waals surface area contributed by atoms with Gasteiger partial charge in [-0.25, -0.2) is 8.42 Å². The number of halogens is 1. The average molecular weight is 635 g/mol. The van der Waals surface area contributed by atoms with Crippen LogP contribution in [0.1, 0.15) is 35.0 Å². The lowest BCUT2D eigenvalue weighted by molar-refractivity contribution is -0.113. The van der Waals surface area contributed by atoms with Crippen molar-refractivity contribution in [3.05, 3.63) is 69.9 Å². The van der Waals surface area contributed by atoms with Gasteiger partial charge in [0.1, 0.15) is 5.01 Å². The summed E-state index contributed by atoms with van der Waals surface area (Å²) in [5.41, 5.74) is 0.941. The van der Waals surface area contributed by atoms with E-state index in [2.05, 4.69) is 31.0 Å². The first-order chi connectivity index (χ1) is 19.6. The van der Waals surface area contributed by atoms with Crippen molar-refractivity contribution in [3.8, 4) is 5.69 Å². The molecular weight excluding hydrogens is 608 g/mol. The van der Waals surface area contributed by atoms with Crippen LogP contribution >= 0.6 is 34.7 Å². The Kier molecular flexibility index (Phi) is 10.1. The van der Waals surface area contributed by atoms with E-state index in [9.17, 15) is 18.0 Å². The summed E-state index contributed by atoms with van der Waals surface area (Å²) < 4.78 is 28.5. The van der Waals surface area contributed by atoms with Gasteiger partial charge in [-0.2, -0.15) is 4.31 Å². The van der Waals surface area contributed by atoms with Gasteiger partial charge in [0, 0.05) is 23.7 Å². The molecule has 0 aliphatic carbocycles. The predicted octanol–water partition coefficient (Wildman–Crippen LogP) is 3.77.